The largest absolute Gasteiger partial charge is 0.265 e. The van der Waals surface area contributed by atoms with Gasteiger partial charge in [-0.15, -0.1) is 5.10 Å². The second kappa shape index (κ2) is 6.06. The number of aromatic amines is 1. The monoisotopic (exact) mass is 184 g/mol. The summed E-state index contributed by atoms with van der Waals surface area (Å²) in [6, 6.07) is 0. The molecule has 0 amide bonds. The van der Waals surface area contributed by atoms with Gasteiger partial charge >= 0.3 is 0 Å². The first-order valence-electron chi connectivity index (χ1n) is 4.37. The number of aryl methyl sites for hydroxylation is 1. The maximum Gasteiger partial charge on any atom is 0.0824 e. The predicted molar refractivity (Wildman–Crippen MR) is 51.0 cm³/mol. The number of nitrogens with one attached hydrogen (secondary N) is 1. The summed E-state index contributed by atoms with van der Waals surface area (Å²) in [6.45, 7) is 0. The Bertz CT molecular complexity index is 186. The maximum atomic E-state index is 4.85. The molecule has 0 unspecified atom stereocenters. The number of rotatable bonds is 6. The van der Waals surface area contributed by atoms with Crippen molar-refractivity contribution >= 4 is 12.6 Å². The van der Waals surface area contributed by atoms with Crippen LogP contribution in [-0.4, -0.2) is 21.2 Å². The minimum Gasteiger partial charge on any atom is -0.265 e. The van der Waals surface area contributed by atoms with Gasteiger partial charge in [0.25, 0.3) is 0 Å². The van der Waals surface area contributed by atoms with Gasteiger partial charge in [-0.1, -0.05) is 30.7 Å². The molecule has 1 heterocycles. The summed E-state index contributed by atoms with van der Waals surface area (Å²) >= 11 is 4.85. The van der Waals surface area contributed by atoms with Crippen LogP contribution in [0, 0.1) is 0 Å². The fraction of sp³-hybridized carbons (Fsp3) is 0.750. The highest BCUT2D eigenvalue weighted by Gasteiger charge is 1.95. The number of nitrogens with zero attached hydrogens (tertiary/aromatic N) is 2. The maximum absolute atomic E-state index is 4.85. The number of aromatic nitrogens is 3. The molecule has 12 heavy (non-hydrogen) atoms. The van der Waals surface area contributed by atoms with Crippen molar-refractivity contribution in [2.75, 3.05) is 5.75 Å². The zero-order valence-electron chi connectivity index (χ0n) is 7.12. The van der Waals surface area contributed by atoms with Crippen LogP contribution in [0.25, 0.3) is 0 Å². The van der Waals surface area contributed by atoms with Crippen LogP contribution in [0.1, 0.15) is 31.4 Å². The van der Waals surface area contributed by atoms with Crippen LogP contribution in [0.15, 0.2) is 6.20 Å². The average molecular weight is 184 g/mol. The first-order chi connectivity index (χ1) is 5.93. The number of hydrogen-bond donors (Lipinski definition) is 1. The smallest absolute Gasteiger partial charge is 0.0824 e. The van der Waals surface area contributed by atoms with E-state index in [1.54, 1.807) is 0 Å². The molecule has 0 spiro atoms. The molecule has 0 saturated carbocycles. The second-order valence-corrected chi connectivity index (χ2v) is 3.24. The topological polar surface area (TPSA) is 41.6 Å². The van der Waals surface area contributed by atoms with Crippen molar-refractivity contribution in [3.05, 3.63) is 11.9 Å². The van der Waals surface area contributed by atoms with Crippen molar-refractivity contribution < 1.29 is 0 Å². The van der Waals surface area contributed by atoms with Crippen LogP contribution in [0.2, 0.25) is 0 Å². The van der Waals surface area contributed by atoms with Crippen molar-refractivity contribution in [3.8, 4) is 0 Å². The molecule has 0 saturated heterocycles. The lowest BCUT2D eigenvalue weighted by atomic mass is 10.1. The van der Waals surface area contributed by atoms with E-state index >= 15 is 0 Å². The van der Waals surface area contributed by atoms with E-state index in [9.17, 15) is 0 Å². The van der Waals surface area contributed by atoms with Crippen LogP contribution in [0.3, 0.4) is 0 Å². The molecule has 1 aromatic heterocycles. The van der Waals surface area contributed by atoms with Gasteiger partial charge in [-0.3, -0.25) is 5.10 Å². The molecule has 1 N–H and O–H groups in total. The number of unbranched alkanes of at least 4 members (excludes halogenated alkanes) is 3. The minimum atomic E-state index is 0.893. The number of H-pyrrole nitrogens is 1. The average Bonchev–Trinajstić information content (AvgIpc) is 2.57. The SMILES string of the molecule is [S]CCCCCCc1c[nH]nn1. The van der Waals surface area contributed by atoms with Gasteiger partial charge in [-0.25, -0.2) is 0 Å². The van der Waals surface area contributed by atoms with E-state index in [1.165, 1.54) is 25.7 Å². The van der Waals surface area contributed by atoms with Gasteiger partial charge in [0.1, 0.15) is 0 Å². The molecule has 0 aromatic carbocycles. The second-order valence-electron chi connectivity index (χ2n) is 2.83. The van der Waals surface area contributed by atoms with Gasteiger partial charge < -0.3 is 0 Å². The highest BCUT2D eigenvalue weighted by molar-refractivity contribution is 7.80. The Morgan fingerprint density at radius 1 is 1.25 bits per heavy atom. The van der Waals surface area contributed by atoms with Gasteiger partial charge in [-0.2, -0.15) is 0 Å². The van der Waals surface area contributed by atoms with E-state index in [4.69, 9.17) is 12.6 Å². The summed E-state index contributed by atoms with van der Waals surface area (Å²) in [5.41, 5.74) is 1.06. The lowest BCUT2D eigenvalue weighted by Crippen LogP contribution is -1.86. The molecule has 4 heteroatoms. The molecule has 1 rings (SSSR count). The molecule has 1 radical (unpaired) electrons. The summed E-state index contributed by atoms with van der Waals surface area (Å²) in [7, 11) is 0. The third-order valence-electron chi connectivity index (χ3n) is 1.79. The normalized spacial score (nSPS) is 10.4. The Morgan fingerprint density at radius 2 is 2.08 bits per heavy atom. The third kappa shape index (κ3) is 3.76. The molecular formula is C8H14N3S. The Balaban J connectivity index is 1.96. The molecule has 1 aromatic rings. The molecule has 0 aliphatic carbocycles. The molecule has 0 aliphatic rings. The molecule has 0 bridgehead atoms. The first-order valence-corrected chi connectivity index (χ1v) is 4.94. The third-order valence-corrected chi connectivity index (χ3v) is 2.08. The Hall–Kier alpha value is -0.510. The zero-order chi connectivity index (χ0) is 8.65. The lowest BCUT2D eigenvalue weighted by molar-refractivity contribution is 0.663. The van der Waals surface area contributed by atoms with Crippen molar-refractivity contribution in [1.29, 1.82) is 0 Å². The van der Waals surface area contributed by atoms with Gasteiger partial charge in [-0.05, 0) is 19.3 Å². The summed E-state index contributed by atoms with van der Waals surface area (Å²) in [6.07, 6.45) is 7.77. The van der Waals surface area contributed by atoms with E-state index in [0.717, 1.165) is 17.9 Å². The van der Waals surface area contributed by atoms with Crippen LogP contribution < -0.4 is 0 Å². The van der Waals surface area contributed by atoms with E-state index in [0.29, 0.717) is 0 Å². The fourth-order valence-corrected chi connectivity index (χ4v) is 1.31. The molecular weight excluding hydrogens is 170 g/mol. The Kier molecular flexibility index (Phi) is 4.83. The molecule has 0 atom stereocenters. The quantitative estimate of drug-likeness (QED) is 0.688. The summed E-state index contributed by atoms with van der Waals surface area (Å²) in [5.74, 6) is 0.893. The summed E-state index contributed by atoms with van der Waals surface area (Å²) < 4.78 is 0. The van der Waals surface area contributed by atoms with Crippen LogP contribution in [-0.2, 0) is 6.42 Å². The standard InChI is InChI=1S/C8H14N3S/c12-6-4-2-1-3-5-8-7-9-11-10-8/h7H,1-6H2,(H,9,10,11). The van der Waals surface area contributed by atoms with Crippen LogP contribution in [0.5, 0.6) is 0 Å². The van der Waals surface area contributed by atoms with Gasteiger partial charge in [0.2, 0.25) is 0 Å². The van der Waals surface area contributed by atoms with Crippen molar-refractivity contribution in [1.82, 2.24) is 15.4 Å². The molecule has 67 valence electrons. The molecule has 0 fully saturated rings. The van der Waals surface area contributed by atoms with E-state index < -0.39 is 0 Å². The Morgan fingerprint density at radius 3 is 2.75 bits per heavy atom. The molecule has 3 nitrogen and oxygen atoms in total. The van der Waals surface area contributed by atoms with E-state index in [2.05, 4.69) is 15.4 Å². The van der Waals surface area contributed by atoms with E-state index in [1.807, 2.05) is 6.20 Å². The highest BCUT2D eigenvalue weighted by Crippen LogP contribution is 2.04. The van der Waals surface area contributed by atoms with Gasteiger partial charge in [0.05, 0.1) is 5.69 Å². The predicted octanol–water partition coefficient (Wildman–Crippen LogP) is 2.11. The highest BCUT2D eigenvalue weighted by atomic mass is 32.1. The van der Waals surface area contributed by atoms with Crippen LogP contribution in [0.4, 0.5) is 0 Å². The van der Waals surface area contributed by atoms with Crippen LogP contribution >= 0.6 is 12.6 Å². The van der Waals surface area contributed by atoms with Crippen molar-refractivity contribution in [2.45, 2.75) is 32.1 Å². The summed E-state index contributed by atoms with van der Waals surface area (Å²) in [4.78, 5) is 0. The fourth-order valence-electron chi connectivity index (χ4n) is 1.11. The van der Waals surface area contributed by atoms with Gasteiger partial charge in [0, 0.05) is 11.9 Å². The zero-order valence-corrected chi connectivity index (χ0v) is 7.94. The number of hydrogen-bond acceptors (Lipinski definition) is 2. The van der Waals surface area contributed by atoms with E-state index in [-0.39, 0.29) is 0 Å². The lowest BCUT2D eigenvalue weighted by Gasteiger charge is -1.95. The molecule has 0 aliphatic heterocycles. The first kappa shape index (κ1) is 9.58. The summed E-state index contributed by atoms with van der Waals surface area (Å²) in [5, 5.41) is 10.3. The minimum absolute atomic E-state index is 0.893. The Labute approximate surface area is 78.4 Å². The van der Waals surface area contributed by atoms with Crippen molar-refractivity contribution in [3.63, 3.8) is 0 Å². The van der Waals surface area contributed by atoms with Crippen molar-refractivity contribution in [2.24, 2.45) is 0 Å². The van der Waals surface area contributed by atoms with Gasteiger partial charge in [0.15, 0.2) is 0 Å².